The SMILES string of the molecule is CC(Cl)CC(C)NCc1ccccc1. The first-order chi connectivity index (χ1) is 6.68. The zero-order chi connectivity index (χ0) is 10.4. The van der Waals surface area contributed by atoms with E-state index in [0.717, 1.165) is 13.0 Å². The van der Waals surface area contributed by atoms with Gasteiger partial charge in [0.25, 0.3) is 0 Å². The summed E-state index contributed by atoms with van der Waals surface area (Å²) in [5.74, 6) is 0. The Morgan fingerprint density at radius 1 is 1.21 bits per heavy atom. The van der Waals surface area contributed by atoms with Gasteiger partial charge >= 0.3 is 0 Å². The van der Waals surface area contributed by atoms with Crippen molar-refractivity contribution in [2.45, 2.75) is 38.2 Å². The molecule has 0 aliphatic rings. The third-order valence-corrected chi connectivity index (χ3v) is 2.35. The minimum absolute atomic E-state index is 0.244. The fraction of sp³-hybridized carbons (Fsp3) is 0.500. The van der Waals surface area contributed by atoms with Crippen molar-refractivity contribution >= 4 is 11.6 Å². The summed E-state index contributed by atoms with van der Waals surface area (Å²) in [5.41, 5.74) is 1.32. The van der Waals surface area contributed by atoms with Crippen LogP contribution in [0.2, 0.25) is 0 Å². The number of hydrogen-bond acceptors (Lipinski definition) is 1. The first-order valence-electron chi connectivity index (χ1n) is 5.10. The van der Waals surface area contributed by atoms with Crippen LogP contribution in [0.1, 0.15) is 25.8 Å². The van der Waals surface area contributed by atoms with Crippen molar-refractivity contribution in [2.75, 3.05) is 0 Å². The van der Waals surface area contributed by atoms with Crippen molar-refractivity contribution in [1.82, 2.24) is 5.32 Å². The second-order valence-corrected chi connectivity index (χ2v) is 4.53. The van der Waals surface area contributed by atoms with Gasteiger partial charge in [-0.05, 0) is 25.8 Å². The molecule has 0 amide bonds. The van der Waals surface area contributed by atoms with Gasteiger partial charge in [-0.3, -0.25) is 0 Å². The Hall–Kier alpha value is -0.530. The zero-order valence-corrected chi connectivity index (χ0v) is 9.59. The van der Waals surface area contributed by atoms with Crippen LogP contribution in [0, 0.1) is 0 Å². The lowest BCUT2D eigenvalue weighted by atomic mass is 10.1. The number of alkyl halides is 1. The lowest BCUT2D eigenvalue weighted by Gasteiger charge is -2.14. The van der Waals surface area contributed by atoms with E-state index in [1.807, 2.05) is 13.0 Å². The normalized spacial score (nSPS) is 15.1. The molecule has 0 heterocycles. The van der Waals surface area contributed by atoms with Crippen LogP contribution in [0.25, 0.3) is 0 Å². The maximum absolute atomic E-state index is 5.91. The van der Waals surface area contributed by atoms with Gasteiger partial charge in [0, 0.05) is 18.0 Å². The highest BCUT2D eigenvalue weighted by Gasteiger charge is 2.04. The number of halogens is 1. The van der Waals surface area contributed by atoms with Crippen LogP contribution in [0.15, 0.2) is 30.3 Å². The molecule has 0 radical (unpaired) electrons. The highest BCUT2D eigenvalue weighted by molar-refractivity contribution is 6.20. The molecule has 0 aliphatic heterocycles. The van der Waals surface area contributed by atoms with Crippen LogP contribution in [0.3, 0.4) is 0 Å². The molecule has 0 aromatic heterocycles. The van der Waals surface area contributed by atoms with E-state index in [2.05, 4.69) is 36.5 Å². The van der Waals surface area contributed by atoms with Crippen molar-refractivity contribution in [3.05, 3.63) is 35.9 Å². The van der Waals surface area contributed by atoms with Gasteiger partial charge in [-0.2, -0.15) is 0 Å². The Morgan fingerprint density at radius 3 is 2.43 bits per heavy atom. The summed E-state index contributed by atoms with van der Waals surface area (Å²) in [6.07, 6.45) is 1.01. The van der Waals surface area contributed by atoms with Crippen LogP contribution < -0.4 is 5.32 Å². The van der Waals surface area contributed by atoms with Crippen LogP contribution in [-0.2, 0) is 6.54 Å². The molecule has 78 valence electrons. The first-order valence-corrected chi connectivity index (χ1v) is 5.53. The predicted molar refractivity (Wildman–Crippen MR) is 62.7 cm³/mol. The standard InChI is InChI=1S/C12H18ClN/c1-10(13)8-11(2)14-9-12-6-4-3-5-7-12/h3-7,10-11,14H,8-9H2,1-2H3. The minimum Gasteiger partial charge on any atom is -0.310 e. The summed E-state index contributed by atoms with van der Waals surface area (Å²) in [6.45, 7) is 5.12. The van der Waals surface area contributed by atoms with Crippen LogP contribution >= 0.6 is 11.6 Å². The van der Waals surface area contributed by atoms with Crippen molar-refractivity contribution in [3.63, 3.8) is 0 Å². The molecule has 1 N–H and O–H groups in total. The van der Waals surface area contributed by atoms with Gasteiger partial charge in [0.1, 0.15) is 0 Å². The van der Waals surface area contributed by atoms with Crippen molar-refractivity contribution < 1.29 is 0 Å². The summed E-state index contributed by atoms with van der Waals surface area (Å²) in [7, 11) is 0. The lowest BCUT2D eigenvalue weighted by Crippen LogP contribution is -2.27. The molecule has 1 rings (SSSR count). The Bertz CT molecular complexity index is 246. The molecular formula is C12H18ClN. The maximum atomic E-state index is 5.91. The molecule has 0 saturated heterocycles. The van der Waals surface area contributed by atoms with Crippen molar-refractivity contribution in [2.24, 2.45) is 0 Å². The van der Waals surface area contributed by atoms with E-state index < -0.39 is 0 Å². The van der Waals surface area contributed by atoms with Gasteiger partial charge in [0.2, 0.25) is 0 Å². The summed E-state index contributed by atoms with van der Waals surface area (Å²) in [6, 6.07) is 10.9. The smallest absolute Gasteiger partial charge is 0.0322 e. The van der Waals surface area contributed by atoms with Crippen LogP contribution in [-0.4, -0.2) is 11.4 Å². The third kappa shape index (κ3) is 4.64. The molecule has 0 spiro atoms. The van der Waals surface area contributed by atoms with E-state index in [1.54, 1.807) is 0 Å². The Morgan fingerprint density at radius 2 is 1.86 bits per heavy atom. The van der Waals surface area contributed by atoms with Crippen LogP contribution in [0.5, 0.6) is 0 Å². The molecule has 1 nitrogen and oxygen atoms in total. The van der Waals surface area contributed by atoms with Gasteiger partial charge < -0.3 is 5.32 Å². The van der Waals surface area contributed by atoms with E-state index in [9.17, 15) is 0 Å². The average molecular weight is 212 g/mol. The van der Waals surface area contributed by atoms with E-state index in [4.69, 9.17) is 11.6 Å². The molecular weight excluding hydrogens is 194 g/mol. The number of benzene rings is 1. The fourth-order valence-electron chi connectivity index (χ4n) is 1.46. The highest BCUT2D eigenvalue weighted by Crippen LogP contribution is 2.05. The Labute approximate surface area is 91.5 Å². The molecule has 0 fully saturated rings. The van der Waals surface area contributed by atoms with E-state index in [1.165, 1.54) is 5.56 Å². The summed E-state index contributed by atoms with van der Waals surface area (Å²) in [4.78, 5) is 0. The summed E-state index contributed by atoms with van der Waals surface area (Å²) in [5, 5.41) is 3.69. The van der Waals surface area contributed by atoms with E-state index >= 15 is 0 Å². The second-order valence-electron chi connectivity index (χ2n) is 3.78. The fourth-order valence-corrected chi connectivity index (χ4v) is 1.73. The van der Waals surface area contributed by atoms with Gasteiger partial charge in [0.05, 0.1) is 0 Å². The summed E-state index contributed by atoms with van der Waals surface area (Å²) < 4.78 is 0. The molecule has 1 aromatic carbocycles. The number of nitrogens with one attached hydrogen (secondary N) is 1. The summed E-state index contributed by atoms with van der Waals surface area (Å²) >= 11 is 5.91. The quantitative estimate of drug-likeness (QED) is 0.738. The van der Waals surface area contributed by atoms with Crippen LogP contribution in [0.4, 0.5) is 0 Å². The van der Waals surface area contributed by atoms with Gasteiger partial charge in [-0.15, -0.1) is 11.6 Å². The Balaban J connectivity index is 2.27. The second kappa shape index (κ2) is 6.05. The maximum Gasteiger partial charge on any atom is 0.0322 e. The number of hydrogen-bond donors (Lipinski definition) is 1. The molecule has 14 heavy (non-hydrogen) atoms. The zero-order valence-electron chi connectivity index (χ0n) is 8.83. The molecule has 2 heteroatoms. The van der Waals surface area contributed by atoms with Gasteiger partial charge in [-0.25, -0.2) is 0 Å². The molecule has 0 bridgehead atoms. The molecule has 0 saturated carbocycles. The average Bonchev–Trinajstić information content (AvgIpc) is 2.15. The van der Waals surface area contributed by atoms with Gasteiger partial charge in [0.15, 0.2) is 0 Å². The molecule has 2 atom stereocenters. The Kier molecular flexibility index (Phi) is 4.99. The van der Waals surface area contributed by atoms with Crippen molar-refractivity contribution in [3.8, 4) is 0 Å². The van der Waals surface area contributed by atoms with Crippen molar-refractivity contribution in [1.29, 1.82) is 0 Å². The largest absolute Gasteiger partial charge is 0.310 e. The lowest BCUT2D eigenvalue weighted by molar-refractivity contribution is 0.511. The van der Waals surface area contributed by atoms with E-state index in [-0.39, 0.29) is 5.38 Å². The van der Waals surface area contributed by atoms with Gasteiger partial charge in [-0.1, -0.05) is 30.3 Å². The topological polar surface area (TPSA) is 12.0 Å². The molecule has 0 aliphatic carbocycles. The minimum atomic E-state index is 0.244. The predicted octanol–water partition coefficient (Wildman–Crippen LogP) is 3.18. The molecule has 2 unspecified atom stereocenters. The third-order valence-electron chi connectivity index (χ3n) is 2.18. The number of rotatable bonds is 5. The molecule has 1 aromatic rings. The van der Waals surface area contributed by atoms with E-state index in [0.29, 0.717) is 6.04 Å². The first kappa shape index (κ1) is 11.5. The monoisotopic (exact) mass is 211 g/mol. The highest BCUT2D eigenvalue weighted by atomic mass is 35.5.